The van der Waals surface area contributed by atoms with Gasteiger partial charge in [-0.05, 0) is 35.9 Å². The average molecular weight is 446 g/mol. The summed E-state index contributed by atoms with van der Waals surface area (Å²) in [6.45, 7) is 1.11. The molecule has 2 aliphatic heterocycles. The van der Waals surface area contributed by atoms with E-state index in [4.69, 9.17) is 25.8 Å². The standard InChI is InChI=1S/C22H20ClNO7/c1-29-7-6-24-19(12-2-4-15(25)14(23)10-12)18(21(27)22(24)28)20(26)13-3-5-16-17(11-13)31-9-8-30-16/h2-5,10-11,19,25-26H,6-9H2,1H3/b20-18-. The molecule has 1 fully saturated rings. The summed E-state index contributed by atoms with van der Waals surface area (Å²) in [5, 5.41) is 20.9. The van der Waals surface area contributed by atoms with Gasteiger partial charge < -0.3 is 29.3 Å². The van der Waals surface area contributed by atoms with Crippen LogP contribution >= 0.6 is 11.6 Å². The zero-order valence-corrected chi connectivity index (χ0v) is 17.4. The fourth-order valence-corrected chi connectivity index (χ4v) is 3.88. The van der Waals surface area contributed by atoms with Gasteiger partial charge in [0, 0.05) is 19.2 Å². The highest BCUT2D eigenvalue weighted by molar-refractivity contribution is 6.46. The number of carbonyl (C=O) groups excluding carboxylic acids is 2. The number of likely N-dealkylation sites (tertiary alicyclic amines) is 1. The third-order valence-electron chi connectivity index (χ3n) is 5.18. The van der Waals surface area contributed by atoms with Crippen LogP contribution in [0.1, 0.15) is 17.2 Å². The van der Waals surface area contributed by atoms with Crippen LogP contribution in [0.2, 0.25) is 5.02 Å². The van der Waals surface area contributed by atoms with Crippen LogP contribution in [0.3, 0.4) is 0 Å². The van der Waals surface area contributed by atoms with Gasteiger partial charge in [0.15, 0.2) is 11.5 Å². The summed E-state index contributed by atoms with van der Waals surface area (Å²) in [7, 11) is 1.48. The molecule has 4 rings (SSSR count). The molecule has 1 unspecified atom stereocenters. The maximum Gasteiger partial charge on any atom is 0.295 e. The number of aliphatic hydroxyl groups excluding tert-OH is 1. The summed E-state index contributed by atoms with van der Waals surface area (Å²) in [6, 6.07) is 8.27. The number of aliphatic hydroxyl groups is 1. The quantitative estimate of drug-likeness (QED) is 0.414. The molecule has 8 nitrogen and oxygen atoms in total. The second-order valence-corrected chi connectivity index (χ2v) is 7.46. The van der Waals surface area contributed by atoms with Gasteiger partial charge in [-0.1, -0.05) is 17.7 Å². The number of carbonyl (C=O) groups is 2. The Balaban J connectivity index is 1.85. The van der Waals surface area contributed by atoms with Gasteiger partial charge in [-0.15, -0.1) is 0 Å². The van der Waals surface area contributed by atoms with E-state index in [1.165, 1.54) is 24.1 Å². The third kappa shape index (κ3) is 3.80. The Morgan fingerprint density at radius 1 is 1.16 bits per heavy atom. The smallest absolute Gasteiger partial charge is 0.295 e. The minimum absolute atomic E-state index is 0.0640. The molecule has 0 saturated carbocycles. The molecule has 2 heterocycles. The Bertz CT molecular complexity index is 1080. The van der Waals surface area contributed by atoms with Crippen LogP contribution in [0.5, 0.6) is 17.2 Å². The molecule has 2 N–H and O–H groups in total. The third-order valence-corrected chi connectivity index (χ3v) is 5.48. The van der Waals surface area contributed by atoms with Gasteiger partial charge in [-0.2, -0.15) is 0 Å². The number of fused-ring (bicyclic) bond motifs is 1. The number of benzene rings is 2. The van der Waals surface area contributed by atoms with Crippen LogP contribution in [-0.4, -0.2) is 60.3 Å². The molecule has 0 aromatic heterocycles. The van der Waals surface area contributed by atoms with Crippen LogP contribution in [0.4, 0.5) is 0 Å². The number of aromatic hydroxyl groups is 1. The second-order valence-electron chi connectivity index (χ2n) is 7.05. The topological polar surface area (TPSA) is 106 Å². The van der Waals surface area contributed by atoms with Crippen molar-refractivity contribution < 1.29 is 34.0 Å². The lowest BCUT2D eigenvalue weighted by Crippen LogP contribution is -2.32. The van der Waals surface area contributed by atoms with Gasteiger partial charge >= 0.3 is 0 Å². The number of phenolic OH excluding ortho intramolecular Hbond substituents is 1. The first-order chi connectivity index (χ1) is 14.9. The molecule has 0 spiro atoms. The van der Waals surface area contributed by atoms with E-state index in [9.17, 15) is 19.8 Å². The van der Waals surface area contributed by atoms with Crippen molar-refractivity contribution in [2.24, 2.45) is 0 Å². The van der Waals surface area contributed by atoms with Gasteiger partial charge in [0.2, 0.25) is 0 Å². The number of ether oxygens (including phenoxy) is 3. The molecular weight excluding hydrogens is 426 g/mol. The Kier molecular flexibility index (Phi) is 5.75. The minimum Gasteiger partial charge on any atom is -0.507 e. The van der Waals surface area contributed by atoms with Crippen LogP contribution in [0.25, 0.3) is 5.76 Å². The second kappa shape index (κ2) is 8.49. The summed E-state index contributed by atoms with van der Waals surface area (Å²) in [4.78, 5) is 27.0. The maximum atomic E-state index is 12.9. The van der Waals surface area contributed by atoms with Crippen molar-refractivity contribution in [3.05, 3.63) is 58.1 Å². The number of hydrogen-bond donors (Lipinski definition) is 2. The number of phenols is 1. The highest BCUT2D eigenvalue weighted by Gasteiger charge is 2.46. The van der Waals surface area contributed by atoms with Gasteiger partial charge in [0.1, 0.15) is 24.7 Å². The lowest BCUT2D eigenvalue weighted by atomic mass is 9.95. The van der Waals surface area contributed by atoms with Crippen LogP contribution < -0.4 is 9.47 Å². The molecule has 31 heavy (non-hydrogen) atoms. The SMILES string of the molecule is COCCN1C(=O)C(=O)/C(=C(\O)c2ccc3c(c2)OCCO3)C1c1ccc(O)c(Cl)c1. The molecular formula is C22H20ClNO7. The van der Waals surface area contributed by atoms with E-state index < -0.39 is 17.7 Å². The van der Waals surface area contributed by atoms with Crippen molar-refractivity contribution in [3.8, 4) is 17.2 Å². The van der Waals surface area contributed by atoms with Crippen molar-refractivity contribution in [2.75, 3.05) is 33.5 Å². The van der Waals surface area contributed by atoms with E-state index in [0.29, 0.717) is 35.8 Å². The number of ketones is 1. The Hall–Kier alpha value is -3.23. The molecule has 0 radical (unpaired) electrons. The van der Waals surface area contributed by atoms with E-state index >= 15 is 0 Å². The highest BCUT2D eigenvalue weighted by atomic mass is 35.5. The van der Waals surface area contributed by atoms with E-state index in [-0.39, 0.29) is 35.3 Å². The van der Waals surface area contributed by atoms with E-state index in [0.717, 1.165) is 0 Å². The number of rotatable bonds is 5. The van der Waals surface area contributed by atoms with Crippen molar-refractivity contribution in [3.63, 3.8) is 0 Å². The Morgan fingerprint density at radius 2 is 1.90 bits per heavy atom. The van der Waals surface area contributed by atoms with Gasteiger partial charge in [0.25, 0.3) is 11.7 Å². The summed E-state index contributed by atoms with van der Waals surface area (Å²) < 4.78 is 16.1. The largest absolute Gasteiger partial charge is 0.507 e. The van der Waals surface area contributed by atoms with Gasteiger partial charge in [0.05, 0.1) is 23.2 Å². The first kappa shape index (κ1) is 21.0. The van der Waals surface area contributed by atoms with Gasteiger partial charge in [-0.3, -0.25) is 9.59 Å². The molecule has 0 bridgehead atoms. The van der Waals surface area contributed by atoms with Crippen molar-refractivity contribution >= 4 is 29.1 Å². The summed E-state index contributed by atoms with van der Waals surface area (Å²) in [6.07, 6.45) is 0. The molecule has 2 aromatic rings. The summed E-state index contributed by atoms with van der Waals surface area (Å²) in [5.41, 5.74) is 0.695. The number of amides is 1. The van der Waals surface area contributed by atoms with Crippen molar-refractivity contribution in [1.29, 1.82) is 0 Å². The number of hydrogen-bond acceptors (Lipinski definition) is 7. The van der Waals surface area contributed by atoms with Crippen LogP contribution in [0, 0.1) is 0 Å². The lowest BCUT2D eigenvalue weighted by Gasteiger charge is -2.25. The van der Waals surface area contributed by atoms with Gasteiger partial charge in [-0.25, -0.2) is 0 Å². The average Bonchev–Trinajstić information content (AvgIpc) is 3.03. The first-order valence-corrected chi connectivity index (χ1v) is 9.96. The predicted octanol–water partition coefficient (Wildman–Crippen LogP) is 2.88. The fraction of sp³-hybridized carbons (Fsp3) is 0.273. The molecule has 162 valence electrons. The predicted molar refractivity (Wildman–Crippen MR) is 111 cm³/mol. The number of halogens is 1. The molecule has 0 aliphatic carbocycles. The molecule has 1 saturated heterocycles. The normalized spacial score (nSPS) is 19.7. The Labute approximate surface area is 183 Å². The molecule has 1 amide bonds. The fourth-order valence-electron chi connectivity index (χ4n) is 3.69. The zero-order valence-electron chi connectivity index (χ0n) is 16.6. The van der Waals surface area contributed by atoms with Crippen molar-refractivity contribution in [1.82, 2.24) is 4.90 Å². The van der Waals surface area contributed by atoms with E-state index in [1.807, 2.05) is 0 Å². The monoisotopic (exact) mass is 445 g/mol. The molecule has 2 aliphatic rings. The lowest BCUT2D eigenvalue weighted by molar-refractivity contribution is -0.140. The molecule has 1 atom stereocenters. The minimum atomic E-state index is -0.901. The number of methoxy groups -OCH3 is 1. The van der Waals surface area contributed by atoms with Crippen molar-refractivity contribution in [2.45, 2.75) is 6.04 Å². The molecule has 9 heteroatoms. The van der Waals surface area contributed by atoms with Crippen LogP contribution in [0.15, 0.2) is 42.0 Å². The summed E-state index contributed by atoms with van der Waals surface area (Å²) in [5.74, 6) is -1.09. The summed E-state index contributed by atoms with van der Waals surface area (Å²) >= 11 is 6.07. The van der Waals surface area contributed by atoms with E-state index in [2.05, 4.69) is 0 Å². The Morgan fingerprint density at radius 3 is 2.61 bits per heavy atom. The van der Waals surface area contributed by atoms with Crippen LogP contribution in [-0.2, 0) is 14.3 Å². The first-order valence-electron chi connectivity index (χ1n) is 9.58. The zero-order chi connectivity index (χ0) is 22.1. The number of Topliss-reactive ketones (excluding diaryl/α,β-unsaturated/α-hetero) is 1. The van der Waals surface area contributed by atoms with E-state index in [1.54, 1.807) is 24.3 Å². The number of nitrogens with zero attached hydrogens (tertiary/aromatic N) is 1. The molecule has 2 aromatic carbocycles. The highest BCUT2D eigenvalue weighted by Crippen LogP contribution is 2.42. The maximum absolute atomic E-state index is 12.9.